The molecule has 2 heterocycles. The Balaban J connectivity index is 1.45. The molecule has 8 heteroatoms. The Bertz CT molecular complexity index is 1130. The normalized spacial score (nSPS) is 18.8. The lowest BCUT2D eigenvalue weighted by atomic mass is 9.99. The molecule has 2 aromatic rings. The number of nitrogens with zero attached hydrogens (tertiary/aromatic N) is 2. The summed E-state index contributed by atoms with van der Waals surface area (Å²) >= 11 is 0. The summed E-state index contributed by atoms with van der Waals surface area (Å²) < 4.78 is 26.4. The molecule has 7 nitrogen and oxygen atoms in total. The van der Waals surface area contributed by atoms with E-state index < -0.39 is 27.9 Å². The lowest BCUT2D eigenvalue weighted by Gasteiger charge is -2.30. The summed E-state index contributed by atoms with van der Waals surface area (Å²) in [7, 11) is -3.95. The molecule has 0 spiro atoms. The highest BCUT2D eigenvalue weighted by Gasteiger charge is 2.42. The van der Waals surface area contributed by atoms with E-state index in [4.69, 9.17) is 0 Å². The molecule has 0 aliphatic carbocycles. The number of anilines is 1. The summed E-state index contributed by atoms with van der Waals surface area (Å²) in [6.07, 6.45) is 2.45. The van der Waals surface area contributed by atoms with Crippen molar-refractivity contribution >= 4 is 27.5 Å². The monoisotopic (exact) mass is 455 g/mol. The Labute approximate surface area is 189 Å². The fraction of sp³-hybridized carbons (Fsp3) is 0.417. The Morgan fingerprint density at radius 2 is 1.75 bits per heavy atom. The van der Waals surface area contributed by atoms with Gasteiger partial charge in [0.05, 0.1) is 5.56 Å². The molecule has 0 aromatic heterocycles. The summed E-state index contributed by atoms with van der Waals surface area (Å²) in [5, 5.41) is 2.81. The maximum atomic E-state index is 12.8. The van der Waals surface area contributed by atoms with Crippen molar-refractivity contribution in [2.24, 2.45) is 5.92 Å². The average Bonchev–Trinajstić information content (AvgIpc) is 2.96. The van der Waals surface area contributed by atoms with Crippen LogP contribution in [0.15, 0.2) is 47.4 Å². The summed E-state index contributed by atoms with van der Waals surface area (Å²) in [6, 6.07) is 11.4. The van der Waals surface area contributed by atoms with Crippen LogP contribution in [0.5, 0.6) is 0 Å². The molecule has 2 aliphatic heterocycles. The highest BCUT2D eigenvalue weighted by atomic mass is 32.2. The Kier molecular flexibility index (Phi) is 6.09. The van der Waals surface area contributed by atoms with Gasteiger partial charge in [0, 0.05) is 23.8 Å². The first kappa shape index (κ1) is 22.5. The number of fused-ring (bicyclic) bond motifs is 1. The first-order valence-electron chi connectivity index (χ1n) is 11.0. The van der Waals surface area contributed by atoms with Crippen LogP contribution in [-0.2, 0) is 16.6 Å². The first-order chi connectivity index (χ1) is 15.2. The molecule has 2 aromatic carbocycles. The standard InChI is InChI=1S/C24H29N3O4S/c1-16(2)27-24(29)21-9-6-19(14-22(21)32(27,30)31)23(28)25-20-7-4-18(5-8-20)15-26-12-10-17(3)11-13-26/h4-9,14,16-17H,10-13,15H2,1-3H3,(H,25,28). The SMILES string of the molecule is CC1CCN(Cc2ccc(NC(=O)c3ccc4c(c3)S(=O)(=O)N(C(C)C)C4=O)cc2)CC1. The van der Waals surface area contributed by atoms with Gasteiger partial charge in [-0.1, -0.05) is 19.1 Å². The highest BCUT2D eigenvalue weighted by Crippen LogP contribution is 2.32. The van der Waals surface area contributed by atoms with Crippen LogP contribution in [-0.4, -0.2) is 48.6 Å². The minimum atomic E-state index is -3.95. The number of carbonyl (C=O) groups is 2. The number of nitrogens with one attached hydrogen (secondary N) is 1. The van der Waals surface area contributed by atoms with Gasteiger partial charge in [-0.2, -0.15) is 0 Å². The van der Waals surface area contributed by atoms with Gasteiger partial charge in [0.25, 0.3) is 21.8 Å². The third-order valence-electron chi connectivity index (χ3n) is 6.17. The third-order valence-corrected chi connectivity index (χ3v) is 8.17. The van der Waals surface area contributed by atoms with Crippen molar-refractivity contribution in [3.8, 4) is 0 Å². The fourth-order valence-corrected chi connectivity index (χ4v) is 6.07. The van der Waals surface area contributed by atoms with E-state index in [-0.39, 0.29) is 16.0 Å². The van der Waals surface area contributed by atoms with E-state index in [1.165, 1.54) is 36.6 Å². The lowest BCUT2D eigenvalue weighted by Crippen LogP contribution is -2.36. The molecule has 2 amide bonds. The molecule has 0 atom stereocenters. The van der Waals surface area contributed by atoms with Crippen LogP contribution in [0.4, 0.5) is 5.69 Å². The van der Waals surface area contributed by atoms with Crippen molar-refractivity contribution in [1.82, 2.24) is 9.21 Å². The zero-order valence-corrected chi connectivity index (χ0v) is 19.5. The summed E-state index contributed by atoms with van der Waals surface area (Å²) in [6.45, 7) is 8.69. The van der Waals surface area contributed by atoms with Crippen LogP contribution < -0.4 is 5.32 Å². The molecule has 1 N–H and O–H groups in total. The molecule has 0 saturated carbocycles. The maximum absolute atomic E-state index is 12.8. The van der Waals surface area contributed by atoms with Gasteiger partial charge in [0.15, 0.2) is 0 Å². The smallest absolute Gasteiger partial charge is 0.269 e. The number of rotatable bonds is 5. The van der Waals surface area contributed by atoms with Crippen molar-refractivity contribution in [2.75, 3.05) is 18.4 Å². The number of piperidine rings is 1. The van der Waals surface area contributed by atoms with Gasteiger partial charge in [-0.25, -0.2) is 12.7 Å². The van der Waals surface area contributed by atoms with E-state index in [0.717, 1.165) is 29.9 Å². The second-order valence-electron chi connectivity index (χ2n) is 9.02. The van der Waals surface area contributed by atoms with Gasteiger partial charge in [0.1, 0.15) is 4.90 Å². The van der Waals surface area contributed by atoms with Crippen molar-refractivity contribution in [3.05, 3.63) is 59.2 Å². The number of hydrogen-bond donors (Lipinski definition) is 1. The molecule has 4 rings (SSSR count). The van der Waals surface area contributed by atoms with E-state index in [1.54, 1.807) is 13.8 Å². The molecular weight excluding hydrogens is 426 g/mol. The molecule has 0 radical (unpaired) electrons. The summed E-state index contributed by atoms with van der Waals surface area (Å²) in [5.41, 5.74) is 2.12. The van der Waals surface area contributed by atoms with E-state index in [2.05, 4.69) is 17.1 Å². The highest BCUT2D eigenvalue weighted by molar-refractivity contribution is 7.90. The number of likely N-dealkylation sites (tertiary alicyclic amines) is 1. The topological polar surface area (TPSA) is 86.8 Å². The van der Waals surface area contributed by atoms with Gasteiger partial charge in [-0.15, -0.1) is 0 Å². The number of carbonyl (C=O) groups excluding carboxylic acids is 2. The lowest BCUT2D eigenvalue weighted by molar-refractivity contribution is 0.0846. The van der Waals surface area contributed by atoms with Gasteiger partial charge in [-0.3, -0.25) is 14.5 Å². The fourth-order valence-electron chi connectivity index (χ4n) is 4.27. The van der Waals surface area contributed by atoms with Crippen LogP contribution in [0.1, 0.15) is 59.9 Å². The van der Waals surface area contributed by atoms with Gasteiger partial charge in [0.2, 0.25) is 0 Å². The molecule has 0 bridgehead atoms. The Morgan fingerprint density at radius 3 is 2.38 bits per heavy atom. The Morgan fingerprint density at radius 1 is 1.09 bits per heavy atom. The quantitative estimate of drug-likeness (QED) is 0.743. The van der Waals surface area contributed by atoms with Gasteiger partial charge in [-0.05, 0) is 81.6 Å². The predicted molar refractivity (Wildman–Crippen MR) is 123 cm³/mol. The molecule has 0 unspecified atom stereocenters. The zero-order valence-electron chi connectivity index (χ0n) is 18.7. The largest absolute Gasteiger partial charge is 0.322 e. The van der Waals surface area contributed by atoms with Gasteiger partial charge < -0.3 is 5.32 Å². The van der Waals surface area contributed by atoms with Crippen LogP contribution in [0.25, 0.3) is 0 Å². The number of benzene rings is 2. The van der Waals surface area contributed by atoms with Crippen LogP contribution in [0, 0.1) is 5.92 Å². The van der Waals surface area contributed by atoms with E-state index in [1.807, 2.05) is 24.3 Å². The minimum absolute atomic E-state index is 0.103. The summed E-state index contributed by atoms with van der Waals surface area (Å²) in [4.78, 5) is 27.5. The molecule has 2 aliphatic rings. The number of hydrogen-bond acceptors (Lipinski definition) is 5. The van der Waals surface area contributed by atoms with E-state index >= 15 is 0 Å². The van der Waals surface area contributed by atoms with Crippen molar-refractivity contribution in [2.45, 2.75) is 51.1 Å². The zero-order chi connectivity index (χ0) is 23.0. The summed E-state index contributed by atoms with van der Waals surface area (Å²) in [5.74, 6) is -0.179. The number of sulfonamides is 1. The molecule has 1 saturated heterocycles. The molecule has 32 heavy (non-hydrogen) atoms. The average molecular weight is 456 g/mol. The van der Waals surface area contributed by atoms with Crippen molar-refractivity contribution in [3.63, 3.8) is 0 Å². The van der Waals surface area contributed by atoms with Crippen LogP contribution in [0.3, 0.4) is 0 Å². The second-order valence-corrected chi connectivity index (χ2v) is 10.8. The minimum Gasteiger partial charge on any atom is -0.322 e. The number of amides is 2. The van der Waals surface area contributed by atoms with Crippen molar-refractivity contribution < 1.29 is 18.0 Å². The van der Waals surface area contributed by atoms with E-state index in [9.17, 15) is 18.0 Å². The molecule has 170 valence electrons. The molecular formula is C24H29N3O4S. The van der Waals surface area contributed by atoms with Crippen molar-refractivity contribution in [1.29, 1.82) is 0 Å². The van der Waals surface area contributed by atoms with Gasteiger partial charge >= 0.3 is 0 Å². The first-order valence-corrected chi connectivity index (χ1v) is 12.5. The third kappa shape index (κ3) is 4.29. The second kappa shape index (κ2) is 8.67. The molecule has 1 fully saturated rings. The van der Waals surface area contributed by atoms with Crippen LogP contribution >= 0.6 is 0 Å². The van der Waals surface area contributed by atoms with E-state index in [0.29, 0.717) is 5.69 Å². The Hall–Kier alpha value is -2.71. The maximum Gasteiger partial charge on any atom is 0.269 e. The van der Waals surface area contributed by atoms with Crippen LogP contribution in [0.2, 0.25) is 0 Å². The predicted octanol–water partition coefficient (Wildman–Crippen LogP) is 3.72.